The molecule has 0 bridgehead atoms. The Morgan fingerprint density at radius 3 is 2.80 bits per heavy atom. The van der Waals surface area contributed by atoms with Crippen molar-refractivity contribution in [2.75, 3.05) is 0 Å². The van der Waals surface area contributed by atoms with Gasteiger partial charge in [0.15, 0.2) is 0 Å². The van der Waals surface area contributed by atoms with E-state index in [1.54, 1.807) is 0 Å². The van der Waals surface area contributed by atoms with Gasteiger partial charge in [0, 0.05) is 16.9 Å². The zero-order chi connectivity index (χ0) is 10.7. The quantitative estimate of drug-likeness (QED) is 0.389. The maximum Gasteiger partial charge on any atom is 0.245 e. The summed E-state index contributed by atoms with van der Waals surface area (Å²) >= 11 is 0. The highest BCUT2D eigenvalue weighted by Gasteiger charge is 2.14. The molecule has 0 aliphatic heterocycles. The van der Waals surface area contributed by atoms with Crippen molar-refractivity contribution < 1.29 is 4.79 Å². The van der Waals surface area contributed by atoms with Gasteiger partial charge in [-0.25, -0.2) is 0 Å². The molecule has 2 rings (SSSR count). The van der Waals surface area contributed by atoms with E-state index in [2.05, 4.69) is 10.0 Å². The number of benzene rings is 1. The lowest BCUT2D eigenvalue weighted by Crippen LogP contribution is -2.08. The number of carbonyl (C=O) groups is 1. The number of hydrogen-bond donors (Lipinski definition) is 0. The molecule has 74 valence electrons. The van der Waals surface area contributed by atoms with Gasteiger partial charge in [0.25, 0.3) is 0 Å². The van der Waals surface area contributed by atoms with Gasteiger partial charge in [-0.05, 0) is 28.2 Å². The van der Waals surface area contributed by atoms with Crippen molar-refractivity contribution in [3.8, 4) is 0 Å². The first-order valence-corrected chi connectivity index (χ1v) is 4.66. The highest BCUT2D eigenvalue weighted by atomic mass is 16.1. The number of amides is 1. The molecule has 1 amide bonds. The van der Waals surface area contributed by atoms with Crippen molar-refractivity contribution in [3.05, 3.63) is 57.5 Å². The molecule has 0 fully saturated rings. The predicted octanol–water partition coefficient (Wildman–Crippen LogP) is 2.55. The molecule has 1 aliphatic carbocycles. The molecule has 0 N–H and O–H groups in total. The van der Waals surface area contributed by atoms with Crippen LogP contribution in [0.1, 0.15) is 11.1 Å². The van der Waals surface area contributed by atoms with Gasteiger partial charge in [0.1, 0.15) is 0 Å². The Bertz CT molecular complexity index is 484. The maximum atomic E-state index is 11.3. The van der Waals surface area contributed by atoms with Crippen molar-refractivity contribution in [1.29, 1.82) is 0 Å². The summed E-state index contributed by atoms with van der Waals surface area (Å²) < 4.78 is 0. The maximum absolute atomic E-state index is 11.3. The Hall–Kier alpha value is -2.06. The third-order valence-corrected chi connectivity index (χ3v) is 2.48. The number of allylic oxidation sites excluding steroid dienone is 1. The fraction of sp³-hybridized carbons (Fsp3) is 0.182. The van der Waals surface area contributed by atoms with E-state index in [4.69, 9.17) is 5.53 Å². The second-order valence-corrected chi connectivity index (χ2v) is 3.37. The summed E-state index contributed by atoms with van der Waals surface area (Å²) in [5.41, 5.74) is 11.1. The lowest BCUT2D eigenvalue weighted by molar-refractivity contribution is -0.114. The van der Waals surface area contributed by atoms with Crippen LogP contribution in [0.15, 0.2) is 41.0 Å². The summed E-state index contributed by atoms with van der Waals surface area (Å²) in [5, 5.41) is 3.09. The molecule has 4 nitrogen and oxygen atoms in total. The summed E-state index contributed by atoms with van der Waals surface area (Å²) in [4.78, 5) is 13.8. The first-order valence-electron chi connectivity index (χ1n) is 4.66. The van der Waals surface area contributed by atoms with E-state index in [9.17, 15) is 4.79 Å². The molecule has 0 heterocycles. The zero-order valence-electron chi connectivity index (χ0n) is 8.05. The molecule has 4 heteroatoms. The SMILES string of the molecule is [N-]=[N+]=NC(=O)C1=CCc2ccccc2C1. The van der Waals surface area contributed by atoms with E-state index in [1.807, 2.05) is 30.3 Å². The van der Waals surface area contributed by atoms with Crippen LogP contribution in [-0.2, 0) is 17.6 Å². The van der Waals surface area contributed by atoms with Crippen molar-refractivity contribution >= 4 is 5.91 Å². The monoisotopic (exact) mass is 199 g/mol. The fourth-order valence-electron chi connectivity index (χ4n) is 1.71. The standard InChI is InChI=1S/C11H9N3O/c12-14-13-11(15)10-6-5-8-3-1-2-4-9(8)7-10/h1-4,6H,5,7H2. The molecule has 15 heavy (non-hydrogen) atoms. The van der Waals surface area contributed by atoms with Crippen molar-refractivity contribution in [3.63, 3.8) is 0 Å². The Kier molecular flexibility index (Phi) is 2.52. The second-order valence-electron chi connectivity index (χ2n) is 3.37. The molecule has 0 atom stereocenters. The molecule has 0 saturated carbocycles. The van der Waals surface area contributed by atoms with Crippen LogP contribution in [-0.4, -0.2) is 5.91 Å². The topological polar surface area (TPSA) is 65.8 Å². The first-order chi connectivity index (χ1) is 7.31. The van der Waals surface area contributed by atoms with E-state index in [0.29, 0.717) is 12.0 Å². The number of rotatable bonds is 1. The van der Waals surface area contributed by atoms with Gasteiger partial charge < -0.3 is 0 Å². The van der Waals surface area contributed by atoms with Crippen LogP contribution in [0.2, 0.25) is 0 Å². The molecule has 1 aromatic rings. The lowest BCUT2D eigenvalue weighted by Gasteiger charge is -2.14. The van der Waals surface area contributed by atoms with E-state index < -0.39 is 5.91 Å². The van der Waals surface area contributed by atoms with Gasteiger partial charge >= 0.3 is 0 Å². The van der Waals surface area contributed by atoms with Gasteiger partial charge in [-0.3, -0.25) is 4.79 Å². The van der Waals surface area contributed by atoms with Crippen LogP contribution in [0, 0.1) is 0 Å². The van der Waals surface area contributed by atoms with Crippen LogP contribution < -0.4 is 0 Å². The molecule has 0 aromatic heterocycles. The van der Waals surface area contributed by atoms with Crippen LogP contribution in [0.25, 0.3) is 10.4 Å². The normalized spacial score (nSPS) is 13.5. The van der Waals surface area contributed by atoms with Gasteiger partial charge in [0.05, 0.1) is 0 Å². The predicted molar refractivity (Wildman–Crippen MR) is 56.1 cm³/mol. The van der Waals surface area contributed by atoms with Crippen LogP contribution >= 0.6 is 0 Å². The van der Waals surface area contributed by atoms with Crippen LogP contribution in [0.3, 0.4) is 0 Å². The number of carbonyl (C=O) groups excluding carboxylic acids is 1. The molecule has 0 radical (unpaired) electrons. The Morgan fingerprint density at radius 2 is 2.07 bits per heavy atom. The Morgan fingerprint density at radius 1 is 1.33 bits per heavy atom. The third-order valence-electron chi connectivity index (χ3n) is 2.48. The van der Waals surface area contributed by atoms with E-state index in [-0.39, 0.29) is 0 Å². The minimum atomic E-state index is -0.466. The molecular formula is C11H9N3O. The van der Waals surface area contributed by atoms with Crippen molar-refractivity contribution in [2.24, 2.45) is 5.11 Å². The van der Waals surface area contributed by atoms with E-state index >= 15 is 0 Å². The van der Waals surface area contributed by atoms with Gasteiger partial charge in [-0.15, -0.1) is 0 Å². The van der Waals surface area contributed by atoms with Gasteiger partial charge in [-0.2, -0.15) is 0 Å². The fourth-order valence-corrected chi connectivity index (χ4v) is 1.71. The van der Waals surface area contributed by atoms with Crippen molar-refractivity contribution in [1.82, 2.24) is 0 Å². The summed E-state index contributed by atoms with van der Waals surface area (Å²) in [6, 6.07) is 7.96. The minimum absolute atomic E-state index is 0.466. The van der Waals surface area contributed by atoms with Crippen LogP contribution in [0.5, 0.6) is 0 Å². The van der Waals surface area contributed by atoms with Crippen molar-refractivity contribution in [2.45, 2.75) is 12.8 Å². The summed E-state index contributed by atoms with van der Waals surface area (Å²) in [6.45, 7) is 0. The minimum Gasteiger partial charge on any atom is -0.287 e. The first kappa shape index (κ1) is 9.49. The molecule has 0 saturated heterocycles. The van der Waals surface area contributed by atoms with Gasteiger partial charge in [0.2, 0.25) is 5.91 Å². The van der Waals surface area contributed by atoms with E-state index in [1.165, 1.54) is 5.56 Å². The smallest absolute Gasteiger partial charge is 0.245 e. The summed E-state index contributed by atoms with van der Waals surface area (Å²) in [6.07, 6.45) is 3.13. The van der Waals surface area contributed by atoms with E-state index in [0.717, 1.165) is 12.0 Å². The largest absolute Gasteiger partial charge is 0.287 e. The zero-order valence-corrected chi connectivity index (χ0v) is 8.05. The van der Waals surface area contributed by atoms with Gasteiger partial charge in [-0.1, -0.05) is 30.3 Å². The highest BCUT2D eigenvalue weighted by molar-refractivity contribution is 5.94. The summed E-state index contributed by atoms with van der Waals surface area (Å²) in [5.74, 6) is -0.466. The molecular weight excluding hydrogens is 190 g/mol. The number of fused-ring (bicyclic) bond motifs is 1. The molecule has 1 aromatic carbocycles. The average molecular weight is 199 g/mol. The number of hydrogen-bond acceptors (Lipinski definition) is 1. The average Bonchev–Trinajstić information content (AvgIpc) is 2.29. The lowest BCUT2D eigenvalue weighted by atomic mass is 9.91. The third kappa shape index (κ3) is 1.90. The number of azide groups is 1. The Balaban J connectivity index is 2.26. The summed E-state index contributed by atoms with van der Waals surface area (Å²) in [7, 11) is 0. The number of nitrogens with zero attached hydrogens (tertiary/aromatic N) is 3. The second kappa shape index (κ2) is 3.98. The molecule has 0 spiro atoms. The highest BCUT2D eigenvalue weighted by Crippen LogP contribution is 2.21. The Labute approximate surface area is 86.9 Å². The van der Waals surface area contributed by atoms with Crippen LogP contribution in [0.4, 0.5) is 0 Å². The molecule has 1 aliphatic rings. The molecule has 0 unspecified atom stereocenters.